The molecule has 1 fully saturated rings. The number of hydrogen-bond donors (Lipinski definition) is 1. The zero-order valence-corrected chi connectivity index (χ0v) is 11.1. The SMILES string of the molecule is C#CC(CC)NC1CCN(C(=O)N(C)C)CC1. The molecule has 0 aromatic carbocycles. The summed E-state index contributed by atoms with van der Waals surface area (Å²) in [6.07, 6.45) is 8.35. The number of nitrogens with one attached hydrogen (secondary N) is 1. The molecule has 1 unspecified atom stereocenters. The van der Waals surface area contributed by atoms with Crippen LogP contribution in [-0.4, -0.2) is 55.1 Å². The lowest BCUT2D eigenvalue weighted by Crippen LogP contribution is -2.49. The van der Waals surface area contributed by atoms with Gasteiger partial charge in [0.05, 0.1) is 6.04 Å². The highest BCUT2D eigenvalue weighted by molar-refractivity contribution is 5.73. The summed E-state index contributed by atoms with van der Waals surface area (Å²) < 4.78 is 0. The van der Waals surface area contributed by atoms with Crippen LogP contribution in [0.25, 0.3) is 0 Å². The summed E-state index contributed by atoms with van der Waals surface area (Å²) in [4.78, 5) is 15.3. The number of carbonyl (C=O) groups is 1. The molecule has 1 rings (SSSR count). The molecule has 1 N–H and O–H groups in total. The van der Waals surface area contributed by atoms with Gasteiger partial charge in [-0.25, -0.2) is 4.79 Å². The topological polar surface area (TPSA) is 35.6 Å². The lowest BCUT2D eigenvalue weighted by molar-refractivity contribution is 0.151. The van der Waals surface area contributed by atoms with Crippen LogP contribution in [0.15, 0.2) is 0 Å². The van der Waals surface area contributed by atoms with Gasteiger partial charge >= 0.3 is 6.03 Å². The van der Waals surface area contributed by atoms with E-state index in [1.54, 1.807) is 19.0 Å². The minimum atomic E-state index is 0.104. The molecule has 17 heavy (non-hydrogen) atoms. The molecule has 0 saturated carbocycles. The van der Waals surface area contributed by atoms with Gasteiger partial charge in [0, 0.05) is 33.2 Å². The maximum absolute atomic E-state index is 11.7. The molecule has 0 spiro atoms. The van der Waals surface area contributed by atoms with Crippen LogP contribution in [0.1, 0.15) is 26.2 Å². The van der Waals surface area contributed by atoms with E-state index in [0.717, 1.165) is 32.4 Å². The lowest BCUT2D eigenvalue weighted by atomic mass is 10.0. The molecule has 1 saturated heterocycles. The molecule has 2 amide bonds. The number of hydrogen-bond acceptors (Lipinski definition) is 2. The number of likely N-dealkylation sites (tertiary alicyclic amines) is 1. The minimum absolute atomic E-state index is 0.104. The van der Waals surface area contributed by atoms with Gasteiger partial charge in [0.1, 0.15) is 0 Å². The average molecular weight is 237 g/mol. The fourth-order valence-corrected chi connectivity index (χ4v) is 2.09. The van der Waals surface area contributed by atoms with Crippen LogP contribution in [0.5, 0.6) is 0 Å². The number of rotatable bonds is 3. The first kappa shape index (κ1) is 13.9. The van der Waals surface area contributed by atoms with E-state index in [-0.39, 0.29) is 12.1 Å². The van der Waals surface area contributed by atoms with Crippen LogP contribution in [0.4, 0.5) is 4.79 Å². The Morgan fingerprint density at radius 1 is 1.53 bits per heavy atom. The van der Waals surface area contributed by atoms with E-state index in [1.807, 2.05) is 4.90 Å². The summed E-state index contributed by atoms with van der Waals surface area (Å²) in [5.74, 6) is 2.75. The third-order valence-corrected chi connectivity index (χ3v) is 3.19. The predicted molar refractivity (Wildman–Crippen MR) is 69.7 cm³/mol. The van der Waals surface area contributed by atoms with E-state index in [2.05, 4.69) is 18.2 Å². The first-order valence-corrected chi connectivity index (χ1v) is 6.26. The van der Waals surface area contributed by atoms with E-state index in [1.165, 1.54) is 0 Å². The van der Waals surface area contributed by atoms with Gasteiger partial charge < -0.3 is 15.1 Å². The van der Waals surface area contributed by atoms with Gasteiger partial charge in [-0.2, -0.15) is 0 Å². The number of amides is 2. The van der Waals surface area contributed by atoms with Crippen molar-refractivity contribution in [1.29, 1.82) is 0 Å². The third kappa shape index (κ3) is 3.94. The zero-order valence-electron chi connectivity index (χ0n) is 11.1. The molecule has 0 aromatic heterocycles. The molecule has 1 aliphatic heterocycles. The van der Waals surface area contributed by atoms with E-state index < -0.39 is 0 Å². The number of terminal acetylenes is 1. The number of urea groups is 1. The second-order valence-corrected chi connectivity index (χ2v) is 4.73. The van der Waals surface area contributed by atoms with Gasteiger partial charge in [0.15, 0.2) is 0 Å². The maximum atomic E-state index is 11.7. The zero-order chi connectivity index (χ0) is 12.8. The summed E-state index contributed by atoms with van der Waals surface area (Å²) in [7, 11) is 3.58. The van der Waals surface area contributed by atoms with Crippen LogP contribution in [-0.2, 0) is 0 Å². The fraction of sp³-hybridized carbons (Fsp3) is 0.769. The second kappa shape index (κ2) is 6.51. The smallest absolute Gasteiger partial charge is 0.319 e. The average Bonchev–Trinajstić information content (AvgIpc) is 2.35. The molecule has 0 aromatic rings. The molecular weight excluding hydrogens is 214 g/mol. The van der Waals surface area contributed by atoms with Crippen molar-refractivity contribution >= 4 is 6.03 Å². The highest BCUT2D eigenvalue weighted by atomic mass is 16.2. The van der Waals surface area contributed by atoms with Gasteiger partial charge in [-0.1, -0.05) is 12.8 Å². The molecule has 4 nitrogen and oxygen atoms in total. The summed E-state index contributed by atoms with van der Waals surface area (Å²) in [5.41, 5.74) is 0. The first-order valence-electron chi connectivity index (χ1n) is 6.26. The van der Waals surface area contributed by atoms with Crippen molar-refractivity contribution in [1.82, 2.24) is 15.1 Å². The summed E-state index contributed by atoms with van der Waals surface area (Å²) in [5, 5.41) is 3.46. The molecular formula is C13H23N3O. The quantitative estimate of drug-likeness (QED) is 0.747. The predicted octanol–water partition coefficient (Wildman–Crippen LogP) is 1.13. The summed E-state index contributed by atoms with van der Waals surface area (Å²) in [6, 6.07) is 0.714. The highest BCUT2D eigenvalue weighted by Gasteiger charge is 2.24. The lowest BCUT2D eigenvalue weighted by Gasteiger charge is -2.34. The van der Waals surface area contributed by atoms with Crippen LogP contribution in [0.2, 0.25) is 0 Å². The van der Waals surface area contributed by atoms with Crippen LogP contribution >= 0.6 is 0 Å². The first-order chi connectivity index (χ1) is 8.08. The van der Waals surface area contributed by atoms with Crippen molar-refractivity contribution in [3.8, 4) is 12.3 Å². The molecule has 1 atom stereocenters. The minimum Gasteiger partial charge on any atom is -0.331 e. The molecule has 1 aliphatic rings. The van der Waals surface area contributed by atoms with Gasteiger partial charge in [-0.15, -0.1) is 6.42 Å². The van der Waals surface area contributed by atoms with Gasteiger partial charge in [-0.05, 0) is 19.3 Å². The Kier molecular flexibility index (Phi) is 5.30. The number of nitrogens with zero attached hydrogens (tertiary/aromatic N) is 2. The van der Waals surface area contributed by atoms with Crippen LogP contribution in [0.3, 0.4) is 0 Å². The normalized spacial score (nSPS) is 18.6. The van der Waals surface area contributed by atoms with Crippen LogP contribution in [0, 0.1) is 12.3 Å². The Hall–Kier alpha value is -1.21. The van der Waals surface area contributed by atoms with Crippen LogP contribution < -0.4 is 5.32 Å². The Morgan fingerprint density at radius 2 is 2.12 bits per heavy atom. The number of piperidine rings is 1. The van der Waals surface area contributed by atoms with Crippen molar-refractivity contribution in [2.75, 3.05) is 27.2 Å². The van der Waals surface area contributed by atoms with Crippen molar-refractivity contribution in [3.05, 3.63) is 0 Å². The summed E-state index contributed by atoms with van der Waals surface area (Å²) >= 11 is 0. The van der Waals surface area contributed by atoms with Crippen molar-refractivity contribution in [3.63, 3.8) is 0 Å². The Labute approximate surface area is 104 Å². The maximum Gasteiger partial charge on any atom is 0.319 e. The molecule has 0 aliphatic carbocycles. The Balaban J connectivity index is 2.36. The van der Waals surface area contributed by atoms with Crippen molar-refractivity contribution in [2.45, 2.75) is 38.3 Å². The standard InChI is InChI=1S/C13H23N3O/c1-5-11(6-2)14-12-7-9-16(10-8-12)13(17)15(3)4/h1,11-12,14H,6-10H2,2-4H3. The molecule has 0 radical (unpaired) electrons. The molecule has 96 valence electrons. The fourth-order valence-electron chi connectivity index (χ4n) is 2.09. The molecule has 0 bridgehead atoms. The van der Waals surface area contributed by atoms with Crippen molar-refractivity contribution in [2.24, 2.45) is 0 Å². The van der Waals surface area contributed by atoms with Gasteiger partial charge in [-0.3, -0.25) is 0 Å². The Bertz CT molecular complexity index is 288. The van der Waals surface area contributed by atoms with Gasteiger partial charge in [0.25, 0.3) is 0 Å². The van der Waals surface area contributed by atoms with Crippen molar-refractivity contribution < 1.29 is 4.79 Å². The molecule has 4 heteroatoms. The Morgan fingerprint density at radius 3 is 2.53 bits per heavy atom. The highest BCUT2D eigenvalue weighted by Crippen LogP contribution is 2.12. The second-order valence-electron chi connectivity index (χ2n) is 4.73. The van der Waals surface area contributed by atoms with Gasteiger partial charge in [0.2, 0.25) is 0 Å². The van der Waals surface area contributed by atoms with E-state index in [9.17, 15) is 4.79 Å². The third-order valence-electron chi connectivity index (χ3n) is 3.19. The monoisotopic (exact) mass is 237 g/mol. The largest absolute Gasteiger partial charge is 0.331 e. The van der Waals surface area contributed by atoms with E-state index in [4.69, 9.17) is 6.42 Å². The van der Waals surface area contributed by atoms with E-state index in [0.29, 0.717) is 6.04 Å². The van der Waals surface area contributed by atoms with E-state index >= 15 is 0 Å². The summed E-state index contributed by atoms with van der Waals surface area (Å²) in [6.45, 7) is 3.72. The molecule has 1 heterocycles. The number of carbonyl (C=O) groups excluding carboxylic acids is 1.